The van der Waals surface area contributed by atoms with Crippen molar-refractivity contribution in [3.05, 3.63) is 352 Å². The number of rotatable bonds is 12. The van der Waals surface area contributed by atoms with Crippen molar-refractivity contribution in [2.75, 3.05) is 9.80 Å². The van der Waals surface area contributed by atoms with Gasteiger partial charge >= 0.3 is 0 Å². The van der Waals surface area contributed by atoms with E-state index < -0.39 is 0 Å². The second-order valence-electron chi connectivity index (χ2n) is 25.0. The van der Waals surface area contributed by atoms with Gasteiger partial charge in [0, 0.05) is 72.3 Å². The predicted octanol–water partition coefficient (Wildman–Crippen LogP) is 26.6. The molecule has 3 heterocycles. The fraction of sp³-hybridized carbons (Fsp3) is 0. The number of benzene rings is 16. The van der Waals surface area contributed by atoms with Crippen molar-refractivity contribution >= 4 is 121 Å². The van der Waals surface area contributed by atoms with Crippen molar-refractivity contribution in [1.29, 1.82) is 0 Å². The largest absolute Gasteiger partial charge is 0.456 e. The minimum atomic E-state index is 0.832. The highest BCUT2D eigenvalue weighted by Crippen LogP contribution is 2.49. The molecule has 0 unspecified atom stereocenters. The molecule has 0 aliphatic rings. The fourth-order valence-electron chi connectivity index (χ4n) is 15.0. The maximum absolute atomic E-state index is 6.96. The molecule has 0 N–H and O–H groups in total. The van der Waals surface area contributed by atoms with Crippen molar-refractivity contribution < 1.29 is 13.3 Å². The van der Waals surface area contributed by atoms with Crippen LogP contribution < -0.4 is 9.80 Å². The maximum Gasteiger partial charge on any atom is 0.137 e. The lowest BCUT2D eigenvalue weighted by molar-refractivity contribution is 0.668. The minimum Gasteiger partial charge on any atom is -0.456 e. The first kappa shape index (κ1) is 55.7. The summed E-state index contributed by atoms with van der Waals surface area (Å²) < 4.78 is 20.0. The Balaban J connectivity index is 0.687. The van der Waals surface area contributed by atoms with Gasteiger partial charge in [-0.05, 0) is 174 Å². The normalized spacial score (nSPS) is 11.7. The molecule has 0 aliphatic heterocycles. The minimum absolute atomic E-state index is 0.832. The molecule has 16 aromatic carbocycles. The fourth-order valence-corrected chi connectivity index (χ4v) is 15.0. The summed E-state index contributed by atoms with van der Waals surface area (Å²) in [4.78, 5) is 4.75. The van der Waals surface area contributed by atoms with Gasteiger partial charge in [0.1, 0.15) is 33.5 Å². The first-order valence-electron chi connectivity index (χ1n) is 33.0. The zero-order chi connectivity index (χ0) is 63.9. The van der Waals surface area contributed by atoms with Gasteiger partial charge in [0.2, 0.25) is 0 Å². The second-order valence-corrected chi connectivity index (χ2v) is 25.0. The molecule has 19 aromatic rings. The van der Waals surface area contributed by atoms with Crippen LogP contribution in [0.5, 0.6) is 0 Å². The number of anilines is 6. The number of hydrogen-bond donors (Lipinski definition) is 0. The van der Waals surface area contributed by atoms with Crippen LogP contribution in [-0.4, -0.2) is 0 Å². The van der Waals surface area contributed by atoms with Crippen LogP contribution in [0, 0.1) is 0 Å². The van der Waals surface area contributed by atoms with Crippen molar-refractivity contribution in [2.45, 2.75) is 0 Å². The molecule has 0 fully saturated rings. The molecule has 0 bridgehead atoms. The lowest BCUT2D eigenvalue weighted by Crippen LogP contribution is -2.11. The molecule has 3 aromatic heterocycles. The molecule has 0 atom stereocenters. The highest BCUT2D eigenvalue weighted by molar-refractivity contribution is 6.17. The molecule has 5 nitrogen and oxygen atoms in total. The Bertz CT molecular complexity index is 6250. The van der Waals surface area contributed by atoms with Crippen LogP contribution in [0.3, 0.4) is 0 Å². The molecule has 0 spiro atoms. The number of para-hydroxylation sites is 4. The number of fused-ring (bicyclic) bond motifs is 11. The monoisotopic (exact) mass is 1240 g/mol. The van der Waals surface area contributed by atoms with Gasteiger partial charge in [-0.15, -0.1) is 0 Å². The predicted molar refractivity (Wildman–Crippen MR) is 405 cm³/mol. The number of furan rings is 3. The van der Waals surface area contributed by atoms with Gasteiger partial charge in [-0.3, -0.25) is 0 Å². The topological polar surface area (TPSA) is 45.9 Å². The van der Waals surface area contributed by atoms with Crippen LogP contribution in [0.1, 0.15) is 0 Å². The summed E-state index contributed by atoms with van der Waals surface area (Å²) in [5, 5.41) is 11.3. The van der Waals surface area contributed by atoms with E-state index >= 15 is 0 Å². The summed E-state index contributed by atoms with van der Waals surface area (Å²) in [5.41, 5.74) is 24.9. The second kappa shape index (κ2) is 23.0. The summed E-state index contributed by atoms with van der Waals surface area (Å²) in [6.07, 6.45) is 0. The summed E-state index contributed by atoms with van der Waals surface area (Å²) in [5.74, 6) is 0. The van der Waals surface area contributed by atoms with E-state index in [0.717, 1.165) is 155 Å². The molecular weight excluding hydrogens is 1180 g/mol. The van der Waals surface area contributed by atoms with E-state index in [2.05, 4.69) is 337 Å². The Morgan fingerprint density at radius 2 is 0.526 bits per heavy atom. The summed E-state index contributed by atoms with van der Waals surface area (Å²) in [7, 11) is 0. The van der Waals surface area contributed by atoms with E-state index in [0.29, 0.717) is 0 Å². The third-order valence-corrected chi connectivity index (χ3v) is 19.5. The van der Waals surface area contributed by atoms with E-state index in [1.807, 2.05) is 24.3 Å². The highest BCUT2D eigenvalue weighted by atomic mass is 16.3. The SMILES string of the molecule is c1ccc(-c2ccc(N(c3ccc(-c4cccc5ccccc45)cc3)c3ccccc3-c3cccc4oc5cc(-c6cccc7c(-c8ccc(N(c9ccc%10c(c9)oc9ccccc9%10)c9ccccc9-c9cccc%10oc%11ccccc%11c9%10)cc8)cccc67)ccc5c34)cc2)cc1. The Morgan fingerprint density at radius 3 is 1.16 bits per heavy atom. The van der Waals surface area contributed by atoms with Gasteiger partial charge in [-0.2, -0.15) is 0 Å². The van der Waals surface area contributed by atoms with Crippen molar-refractivity contribution in [3.8, 4) is 66.8 Å². The molecule has 0 amide bonds. The summed E-state index contributed by atoms with van der Waals surface area (Å²) in [6, 6.07) is 126. The summed E-state index contributed by atoms with van der Waals surface area (Å²) >= 11 is 0. The molecule has 0 radical (unpaired) electrons. The average Bonchev–Trinajstić information content (AvgIpc) is 1.68. The van der Waals surface area contributed by atoms with Gasteiger partial charge in [-0.1, -0.05) is 249 Å². The van der Waals surface area contributed by atoms with Crippen LogP contribution >= 0.6 is 0 Å². The Morgan fingerprint density at radius 1 is 0.175 bits per heavy atom. The van der Waals surface area contributed by atoms with Crippen molar-refractivity contribution in [1.82, 2.24) is 0 Å². The quantitative estimate of drug-likeness (QED) is 0.122. The first-order valence-corrected chi connectivity index (χ1v) is 33.0. The first-order chi connectivity index (χ1) is 48.1. The average molecular weight is 1240 g/mol. The zero-order valence-corrected chi connectivity index (χ0v) is 52.6. The van der Waals surface area contributed by atoms with E-state index in [-0.39, 0.29) is 0 Å². The van der Waals surface area contributed by atoms with Gasteiger partial charge < -0.3 is 23.1 Å². The Hall–Kier alpha value is -13.0. The van der Waals surface area contributed by atoms with Gasteiger partial charge in [0.15, 0.2) is 0 Å². The molecule has 19 rings (SSSR count). The molecule has 0 saturated heterocycles. The third-order valence-electron chi connectivity index (χ3n) is 19.5. The van der Waals surface area contributed by atoms with Gasteiger partial charge in [0.25, 0.3) is 0 Å². The number of hydrogen-bond acceptors (Lipinski definition) is 5. The van der Waals surface area contributed by atoms with Crippen LogP contribution in [-0.2, 0) is 0 Å². The van der Waals surface area contributed by atoms with Gasteiger partial charge in [0.05, 0.1) is 11.4 Å². The highest BCUT2D eigenvalue weighted by Gasteiger charge is 2.25. The summed E-state index contributed by atoms with van der Waals surface area (Å²) in [6.45, 7) is 0. The van der Waals surface area contributed by atoms with E-state index in [9.17, 15) is 0 Å². The van der Waals surface area contributed by atoms with E-state index in [1.54, 1.807) is 0 Å². The lowest BCUT2D eigenvalue weighted by atomic mass is 9.92. The molecule has 454 valence electrons. The Labute approximate surface area is 559 Å². The molecule has 0 aliphatic carbocycles. The van der Waals surface area contributed by atoms with Crippen LogP contribution in [0.2, 0.25) is 0 Å². The lowest BCUT2D eigenvalue weighted by Gasteiger charge is -2.28. The number of nitrogens with zero attached hydrogens (tertiary/aromatic N) is 2. The standard InChI is InChI=1S/C92H58N2O3/c1-2-19-59(20-3-1)60-41-48-65(49-42-60)93(66-50-43-62(44-51-66)70-28-14-22-61-21-4-5-23-69(61)70)83-35-10-6-24-75(83)80-34-18-40-88-92(80)82-55-47-64(57-89(82)97-88)72-30-16-31-73-71(29-15-32-74(72)73)63-45-52-67(53-46-63)94(68-54-56-78-77-26-8-12-37-85(77)96-90(78)58-68)84-36-11-7-25-76(84)79-33-17-39-87-91(79)81-27-9-13-38-86(81)95-87/h1-58H. The van der Waals surface area contributed by atoms with E-state index in [1.165, 1.54) is 33.0 Å². The van der Waals surface area contributed by atoms with Crippen LogP contribution in [0.4, 0.5) is 34.1 Å². The molecular formula is C92H58N2O3. The maximum atomic E-state index is 6.96. The Kier molecular flexibility index (Phi) is 13.2. The molecule has 0 saturated carbocycles. The smallest absolute Gasteiger partial charge is 0.137 e. The van der Waals surface area contributed by atoms with Gasteiger partial charge in [-0.25, -0.2) is 0 Å². The third kappa shape index (κ3) is 9.46. The van der Waals surface area contributed by atoms with Crippen LogP contribution in [0.25, 0.3) is 154 Å². The molecule has 97 heavy (non-hydrogen) atoms. The van der Waals surface area contributed by atoms with E-state index in [4.69, 9.17) is 13.3 Å². The van der Waals surface area contributed by atoms with Crippen LogP contribution in [0.15, 0.2) is 365 Å². The molecule has 5 heteroatoms. The van der Waals surface area contributed by atoms with Crippen molar-refractivity contribution in [2.24, 2.45) is 0 Å². The zero-order valence-electron chi connectivity index (χ0n) is 52.6. The van der Waals surface area contributed by atoms with Crippen molar-refractivity contribution in [3.63, 3.8) is 0 Å².